The second-order valence-corrected chi connectivity index (χ2v) is 3.52. The van der Waals surface area contributed by atoms with Crippen LogP contribution in [0.2, 0.25) is 5.02 Å². The molecular weight excluding hydrogens is 214 g/mol. The molecule has 0 saturated carbocycles. The first-order chi connectivity index (χ1) is 7.08. The molecule has 78 valence electrons. The third-order valence-electron chi connectivity index (χ3n) is 2.07. The van der Waals surface area contributed by atoms with Crippen LogP contribution in [0.15, 0.2) is 12.1 Å². The van der Waals surface area contributed by atoms with Crippen molar-refractivity contribution >= 4 is 17.6 Å². The fourth-order valence-electron chi connectivity index (χ4n) is 1.36. The number of carbonyl (C=O) groups is 1. The van der Waals surface area contributed by atoms with Gasteiger partial charge in [0.1, 0.15) is 0 Å². The lowest BCUT2D eigenvalue weighted by atomic mass is 10.0. The maximum absolute atomic E-state index is 10.6. The summed E-state index contributed by atoms with van der Waals surface area (Å²) in [6.07, 6.45) is 0.530. The Morgan fingerprint density at radius 3 is 2.60 bits per heavy atom. The number of carboxylic acids is 1. The van der Waals surface area contributed by atoms with E-state index in [-0.39, 0.29) is 6.42 Å². The van der Waals surface area contributed by atoms with Gasteiger partial charge in [-0.1, -0.05) is 18.5 Å². The summed E-state index contributed by atoms with van der Waals surface area (Å²) in [4.78, 5) is 10.6. The first-order valence-electron chi connectivity index (χ1n) is 4.51. The highest BCUT2D eigenvalue weighted by Gasteiger charge is 2.10. The van der Waals surface area contributed by atoms with E-state index in [0.29, 0.717) is 22.6 Å². The van der Waals surface area contributed by atoms with Crippen LogP contribution in [0.3, 0.4) is 0 Å². The van der Waals surface area contributed by atoms with E-state index < -0.39 is 5.97 Å². The standard InChI is InChI=1S/C11H10ClNO2/c1-2-8-3-7(6-13)4-9(11(8)12)5-10(14)15/h3-4H,2,5H2,1H3,(H,14,15). The smallest absolute Gasteiger partial charge is 0.307 e. The molecule has 0 amide bonds. The number of benzene rings is 1. The van der Waals surface area contributed by atoms with Gasteiger partial charge in [0.15, 0.2) is 0 Å². The van der Waals surface area contributed by atoms with Crippen molar-refractivity contribution in [2.24, 2.45) is 0 Å². The number of aryl methyl sites for hydroxylation is 1. The predicted molar refractivity (Wildman–Crippen MR) is 56.9 cm³/mol. The molecule has 0 atom stereocenters. The molecule has 1 N–H and O–H groups in total. The number of hydrogen-bond donors (Lipinski definition) is 1. The molecule has 0 fully saturated rings. The number of nitriles is 1. The van der Waals surface area contributed by atoms with Crippen LogP contribution in [0.5, 0.6) is 0 Å². The van der Waals surface area contributed by atoms with E-state index in [1.54, 1.807) is 6.07 Å². The van der Waals surface area contributed by atoms with E-state index in [0.717, 1.165) is 5.56 Å². The van der Waals surface area contributed by atoms with E-state index >= 15 is 0 Å². The summed E-state index contributed by atoms with van der Waals surface area (Å²) in [6, 6.07) is 5.20. The summed E-state index contributed by atoms with van der Waals surface area (Å²) in [5.74, 6) is -0.950. The van der Waals surface area contributed by atoms with Gasteiger partial charge in [-0.05, 0) is 29.7 Å². The van der Waals surface area contributed by atoms with Gasteiger partial charge in [-0.15, -0.1) is 0 Å². The zero-order valence-corrected chi connectivity index (χ0v) is 9.01. The number of aliphatic carboxylic acids is 1. The SMILES string of the molecule is CCc1cc(C#N)cc(CC(=O)O)c1Cl. The lowest BCUT2D eigenvalue weighted by molar-refractivity contribution is -0.136. The van der Waals surface area contributed by atoms with Gasteiger partial charge < -0.3 is 5.11 Å². The van der Waals surface area contributed by atoms with Gasteiger partial charge >= 0.3 is 5.97 Å². The van der Waals surface area contributed by atoms with Crippen LogP contribution in [-0.2, 0) is 17.6 Å². The first kappa shape index (κ1) is 11.5. The molecule has 0 bridgehead atoms. The molecule has 1 aromatic carbocycles. The fraction of sp³-hybridized carbons (Fsp3) is 0.273. The number of carboxylic acid groups (broad SMARTS) is 1. The minimum Gasteiger partial charge on any atom is -0.481 e. The van der Waals surface area contributed by atoms with Gasteiger partial charge in [-0.2, -0.15) is 5.26 Å². The van der Waals surface area contributed by atoms with Crippen molar-refractivity contribution in [3.63, 3.8) is 0 Å². The van der Waals surface area contributed by atoms with Crippen molar-refractivity contribution in [3.05, 3.63) is 33.8 Å². The second kappa shape index (κ2) is 4.81. The van der Waals surface area contributed by atoms with Gasteiger partial charge in [0.2, 0.25) is 0 Å². The van der Waals surface area contributed by atoms with Crippen molar-refractivity contribution in [2.45, 2.75) is 19.8 Å². The zero-order valence-electron chi connectivity index (χ0n) is 8.25. The molecule has 0 spiro atoms. The van der Waals surface area contributed by atoms with Gasteiger partial charge in [0, 0.05) is 5.02 Å². The van der Waals surface area contributed by atoms with Crippen LogP contribution >= 0.6 is 11.6 Å². The Morgan fingerprint density at radius 2 is 2.13 bits per heavy atom. The van der Waals surface area contributed by atoms with E-state index in [9.17, 15) is 4.79 Å². The maximum Gasteiger partial charge on any atom is 0.307 e. The number of nitrogens with zero attached hydrogens (tertiary/aromatic N) is 1. The quantitative estimate of drug-likeness (QED) is 0.856. The van der Waals surface area contributed by atoms with Gasteiger partial charge in [0.25, 0.3) is 0 Å². The molecule has 0 unspecified atom stereocenters. The number of hydrogen-bond acceptors (Lipinski definition) is 2. The molecule has 0 aliphatic rings. The van der Waals surface area contributed by atoms with Crippen molar-refractivity contribution in [1.82, 2.24) is 0 Å². The van der Waals surface area contributed by atoms with Crippen LogP contribution in [0.25, 0.3) is 0 Å². The molecule has 0 saturated heterocycles. The highest BCUT2D eigenvalue weighted by Crippen LogP contribution is 2.24. The van der Waals surface area contributed by atoms with E-state index in [2.05, 4.69) is 0 Å². The predicted octanol–water partition coefficient (Wildman–Crippen LogP) is 2.40. The molecule has 0 aliphatic carbocycles. The average Bonchev–Trinajstić information content (AvgIpc) is 2.20. The summed E-state index contributed by atoms with van der Waals surface area (Å²) in [6.45, 7) is 1.91. The maximum atomic E-state index is 10.6. The molecule has 0 heterocycles. The van der Waals surface area contributed by atoms with Gasteiger partial charge in [-0.3, -0.25) is 4.79 Å². The van der Waals surface area contributed by atoms with Gasteiger partial charge in [-0.25, -0.2) is 0 Å². The molecular formula is C11H10ClNO2. The number of halogens is 1. The minimum atomic E-state index is -0.950. The lowest BCUT2D eigenvalue weighted by Gasteiger charge is -2.07. The van der Waals surface area contributed by atoms with E-state index in [1.165, 1.54) is 6.07 Å². The summed E-state index contributed by atoms with van der Waals surface area (Å²) < 4.78 is 0. The molecule has 0 aliphatic heterocycles. The summed E-state index contributed by atoms with van der Waals surface area (Å²) >= 11 is 6.01. The third-order valence-corrected chi connectivity index (χ3v) is 2.56. The van der Waals surface area contributed by atoms with Crippen LogP contribution in [0, 0.1) is 11.3 Å². The highest BCUT2D eigenvalue weighted by molar-refractivity contribution is 6.32. The topological polar surface area (TPSA) is 61.1 Å². The highest BCUT2D eigenvalue weighted by atomic mass is 35.5. The molecule has 4 heteroatoms. The fourth-order valence-corrected chi connectivity index (χ4v) is 1.67. The number of rotatable bonds is 3. The van der Waals surface area contributed by atoms with Crippen molar-refractivity contribution in [2.75, 3.05) is 0 Å². The Hall–Kier alpha value is -1.53. The molecule has 0 aromatic heterocycles. The molecule has 15 heavy (non-hydrogen) atoms. The van der Waals surface area contributed by atoms with Crippen molar-refractivity contribution in [3.8, 4) is 6.07 Å². The Labute approximate surface area is 92.9 Å². The first-order valence-corrected chi connectivity index (χ1v) is 4.89. The largest absolute Gasteiger partial charge is 0.481 e. The van der Waals surface area contributed by atoms with E-state index in [4.69, 9.17) is 22.0 Å². The third kappa shape index (κ3) is 2.71. The summed E-state index contributed by atoms with van der Waals surface area (Å²) in [5.41, 5.74) is 1.76. The molecule has 1 rings (SSSR count). The second-order valence-electron chi connectivity index (χ2n) is 3.14. The lowest BCUT2D eigenvalue weighted by Crippen LogP contribution is -2.02. The normalized spacial score (nSPS) is 9.67. The van der Waals surface area contributed by atoms with Crippen molar-refractivity contribution in [1.29, 1.82) is 5.26 Å². The minimum absolute atomic E-state index is 0.151. The Balaban J connectivity index is 3.25. The molecule has 1 aromatic rings. The summed E-state index contributed by atoms with van der Waals surface area (Å²) in [5, 5.41) is 17.9. The van der Waals surface area contributed by atoms with Crippen LogP contribution in [0.4, 0.5) is 0 Å². The average molecular weight is 224 g/mol. The van der Waals surface area contributed by atoms with Crippen LogP contribution < -0.4 is 0 Å². The summed E-state index contributed by atoms with van der Waals surface area (Å²) in [7, 11) is 0. The van der Waals surface area contributed by atoms with Crippen molar-refractivity contribution < 1.29 is 9.90 Å². The molecule has 0 radical (unpaired) electrons. The van der Waals surface area contributed by atoms with Crippen LogP contribution in [-0.4, -0.2) is 11.1 Å². The Bertz CT molecular complexity index is 435. The van der Waals surface area contributed by atoms with Crippen LogP contribution in [0.1, 0.15) is 23.6 Å². The molecule has 3 nitrogen and oxygen atoms in total. The monoisotopic (exact) mass is 223 g/mol. The Morgan fingerprint density at radius 1 is 1.53 bits per heavy atom. The zero-order chi connectivity index (χ0) is 11.4. The van der Waals surface area contributed by atoms with Gasteiger partial charge in [0.05, 0.1) is 18.1 Å². The van der Waals surface area contributed by atoms with E-state index in [1.807, 2.05) is 13.0 Å². The Kier molecular flexibility index (Phi) is 3.70.